The molecule has 0 aliphatic rings. The van der Waals surface area contributed by atoms with Crippen LogP contribution in [0.15, 0.2) is 60.8 Å². The molecule has 0 radical (unpaired) electrons. The van der Waals surface area contributed by atoms with Crippen LogP contribution in [0, 0.1) is 0 Å². The largest absolute Gasteiger partial charge is 0.497 e. The maximum Gasteiger partial charge on any atom is 0.409 e. The number of nitrogens with one attached hydrogen (secondary N) is 2. The molecule has 9 nitrogen and oxygen atoms in total. The first-order valence-electron chi connectivity index (χ1n) is 10.4. The molecule has 1 aromatic heterocycles. The Bertz CT molecular complexity index is 1340. The minimum absolute atomic E-state index is 0.440. The van der Waals surface area contributed by atoms with Crippen LogP contribution in [0.4, 0.5) is 16.4 Å². The highest BCUT2D eigenvalue weighted by Crippen LogP contribution is 2.33. The van der Waals surface area contributed by atoms with Crippen LogP contribution in [0.5, 0.6) is 17.2 Å². The van der Waals surface area contributed by atoms with E-state index in [2.05, 4.69) is 20.6 Å². The SMILES string of the molecule is COc1ccc2cc(-c3ccnc(NCc4ccc(OC)c(OC)c4)n3)cc(NC(=O)O)c2c1. The first-order chi connectivity index (χ1) is 16.5. The zero-order valence-corrected chi connectivity index (χ0v) is 19.0. The summed E-state index contributed by atoms with van der Waals surface area (Å²) in [4.78, 5) is 20.3. The first kappa shape index (κ1) is 22.7. The van der Waals surface area contributed by atoms with Gasteiger partial charge in [0.15, 0.2) is 11.5 Å². The van der Waals surface area contributed by atoms with Crippen molar-refractivity contribution in [2.45, 2.75) is 6.54 Å². The number of nitrogens with zero attached hydrogens (tertiary/aromatic N) is 2. The van der Waals surface area contributed by atoms with Crippen molar-refractivity contribution in [1.29, 1.82) is 0 Å². The lowest BCUT2D eigenvalue weighted by Gasteiger charge is -2.12. The van der Waals surface area contributed by atoms with Crippen molar-refractivity contribution in [2.75, 3.05) is 32.0 Å². The van der Waals surface area contributed by atoms with Gasteiger partial charge < -0.3 is 24.6 Å². The van der Waals surface area contributed by atoms with Gasteiger partial charge in [-0.15, -0.1) is 0 Å². The summed E-state index contributed by atoms with van der Waals surface area (Å²) in [5.41, 5.74) is 2.81. The van der Waals surface area contributed by atoms with Gasteiger partial charge in [0.2, 0.25) is 5.95 Å². The van der Waals surface area contributed by atoms with Gasteiger partial charge in [-0.3, -0.25) is 5.32 Å². The minimum Gasteiger partial charge on any atom is -0.497 e. The van der Waals surface area contributed by atoms with Crippen molar-refractivity contribution in [3.63, 3.8) is 0 Å². The predicted octanol–water partition coefficient (Wildman–Crippen LogP) is 5.02. The highest BCUT2D eigenvalue weighted by Gasteiger charge is 2.11. The van der Waals surface area contributed by atoms with Crippen LogP contribution in [0.25, 0.3) is 22.0 Å². The topological polar surface area (TPSA) is 115 Å². The highest BCUT2D eigenvalue weighted by atomic mass is 16.5. The lowest BCUT2D eigenvalue weighted by atomic mass is 10.0. The highest BCUT2D eigenvalue weighted by molar-refractivity contribution is 6.02. The third-order valence-corrected chi connectivity index (χ3v) is 5.25. The van der Waals surface area contributed by atoms with Gasteiger partial charge in [-0.1, -0.05) is 12.1 Å². The Morgan fingerprint density at radius 1 is 0.941 bits per heavy atom. The van der Waals surface area contributed by atoms with Crippen molar-refractivity contribution < 1.29 is 24.1 Å². The Hall–Kier alpha value is -4.53. The molecular weight excluding hydrogens is 436 g/mol. The number of rotatable bonds is 8. The van der Waals surface area contributed by atoms with Gasteiger partial charge >= 0.3 is 6.09 Å². The second kappa shape index (κ2) is 9.95. The Kier molecular flexibility index (Phi) is 6.63. The molecule has 0 unspecified atom stereocenters. The summed E-state index contributed by atoms with van der Waals surface area (Å²) in [6, 6.07) is 16.6. The quantitative estimate of drug-likeness (QED) is 0.336. The number of hydrogen-bond donors (Lipinski definition) is 3. The summed E-state index contributed by atoms with van der Waals surface area (Å²) >= 11 is 0. The van der Waals surface area contributed by atoms with Gasteiger partial charge in [-0.2, -0.15) is 0 Å². The molecule has 0 saturated heterocycles. The molecule has 34 heavy (non-hydrogen) atoms. The lowest BCUT2D eigenvalue weighted by Crippen LogP contribution is -2.08. The van der Waals surface area contributed by atoms with Crippen molar-refractivity contribution in [3.05, 3.63) is 66.4 Å². The summed E-state index contributed by atoms with van der Waals surface area (Å²) < 4.78 is 15.9. The number of fused-ring (bicyclic) bond motifs is 1. The number of hydrogen-bond acceptors (Lipinski definition) is 7. The molecule has 0 fully saturated rings. The third-order valence-electron chi connectivity index (χ3n) is 5.25. The third kappa shape index (κ3) is 4.93. The Morgan fingerprint density at radius 2 is 1.76 bits per heavy atom. The maximum absolute atomic E-state index is 11.4. The molecule has 4 aromatic rings. The molecule has 0 atom stereocenters. The van der Waals surface area contributed by atoms with E-state index in [-0.39, 0.29) is 0 Å². The summed E-state index contributed by atoms with van der Waals surface area (Å²) in [5, 5.41) is 16.6. The van der Waals surface area contributed by atoms with Gasteiger partial charge in [0, 0.05) is 23.7 Å². The molecule has 9 heteroatoms. The van der Waals surface area contributed by atoms with E-state index in [0.717, 1.165) is 21.9 Å². The molecule has 0 aliphatic carbocycles. The number of aromatic nitrogens is 2. The second-order valence-electron chi connectivity index (χ2n) is 7.35. The van der Waals surface area contributed by atoms with Crippen LogP contribution in [0.2, 0.25) is 0 Å². The zero-order chi connectivity index (χ0) is 24.1. The number of methoxy groups -OCH3 is 3. The molecule has 1 amide bonds. The fourth-order valence-electron chi connectivity index (χ4n) is 3.61. The Labute approximate surface area is 196 Å². The van der Waals surface area contributed by atoms with Crippen molar-refractivity contribution in [1.82, 2.24) is 9.97 Å². The summed E-state index contributed by atoms with van der Waals surface area (Å²) in [6.45, 7) is 0.479. The van der Waals surface area contributed by atoms with E-state index in [1.165, 1.54) is 0 Å². The summed E-state index contributed by atoms with van der Waals surface area (Å²) in [5.74, 6) is 2.37. The van der Waals surface area contributed by atoms with Crippen molar-refractivity contribution in [2.24, 2.45) is 0 Å². The van der Waals surface area contributed by atoms with E-state index in [4.69, 9.17) is 14.2 Å². The average Bonchev–Trinajstić information content (AvgIpc) is 2.86. The van der Waals surface area contributed by atoms with Gasteiger partial charge in [-0.25, -0.2) is 14.8 Å². The molecule has 0 bridgehead atoms. The van der Waals surface area contributed by atoms with Crippen molar-refractivity contribution >= 4 is 28.5 Å². The van der Waals surface area contributed by atoms with Crippen LogP contribution in [0.1, 0.15) is 5.56 Å². The fraction of sp³-hybridized carbons (Fsp3) is 0.160. The Balaban J connectivity index is 1.63. The van der Waals surface area contributed by atoms with Gasteiger partial charge in [0.1, 0.15) is 5.75 Å². The standard InChI is InChI=1S/C25H24N4O5/c1-32-18-6-5-16-11-17(12-21(19(16)13-18)29-25(30)31)20-8-9-26-24(28-20)27-14-15-4-7-22(33-2)23(10-15)34-3/h4-13,29H,14H2,1-3H3,(H,30,31)(H,26,27,28). The van der Waals surface area contributed by atoms with E-state index in [9.17, 15) is 9.90 Å². The van der Waals surface area contributed by atoms with E-state index in [1.54, 1.807) is 45.7 Å². The van der Waals surface area contributed by atoms with Crippen LogP contribution in [0.3, 0.4) is 0 Å². The number of carbonyl (C=O) groups is 1. The molecule has 174 valence electrons. The van der Waals surface area contributed by atoms with Crippen LogP contribution >= 0.6 is 0 Å². The van der Waals surface area contributed by atoms with E-state index >= 15 is 0 Å². The molecule has 0 aliphatic heterocycles. The van der Waals surface area contributed by atoms with E-state index in [0.29, 0.717) is 41.1 Å². The Morgan fingerprint density at radius 3 is 2.50 bits per heavy atom. The maximum atomic E-state index is 11.4. The van der Waals surface area contributed by atoms with Gasteiger partial charge in [0.25, 0.3) is 0 Å². The molecule has 3 aromatic carbocycles. The summed E-state index contributed by atoms with van der Waals surface area (Å²) in [7, 11) is 4.75. The number of ether oxygens (including phenoxy) is 3. The smallest absolute Gasteiger partial charge is 0.409 e. The van der Waals surface area contributed by atoms with E-state index < -0.39 is 6.09 Å². The molecule has 0 saturated carbocycles. The average molecular weight is 460 g/mol. The molecular formula is C25H24N4O5. The normalized spacial score (nSPS) is 10.6. The van der Waals surface area contributed by atoms with Gasteiger partial charge in [0.05, 0.1) is 32.7 Å². The van der Waals surface area contributed by atoms with Crippen LogP contribution in [-0.2, 0) is 6.54 Å². The predicted molar refractivity (Wildman–Crippen MR) is 130 cm³/mol. The zero-order valence-electron chi connectivity index (χ0n) is 19.0. The van der Waals surface area contributed by atoms with Gasteiger partial charge in [-0.05, 0) is 53.4 Å². The number of anilines is 2. The van der Waals surface area contributed by atoms with Crippen LogP contribution < -0.4 is 24.8 Å². The van der Waals surface area contributed by atoms with E-state index in [1.807, 2.05) is 36.4 Å². The molecule has 3 N–H and O–H groups in total. The first-order valence-corrected chi connectivity index (χ1v) is 10.4. The molecule has 4 rings (SSSR count). The monoisotopic (exact) mass is 460 g/mol. The fourth-order valence-corrected chi connectivity index (χ4v) is 3.61. The summed E-state index contributed by atoms with van der Waals surface area (Å²) in [6.07, 6.45) is 0.503. The minimum atomic E-state index is -1.15. The number of carboxylic acid groups (broad SMARTS) is 1. The number of amides is 1. The number of benzene rings is 3. The molecule has 1 heterocycles. The second-order valence-corrected chi connectivity index (χ2v) is 7.35. The van der Waals surface area contributed by atoms with Crippen LogP contribution in [-0.4, -0.2) is 42.5 Å². The molecule has 0 spiro atoms. The lowest BCUT2D eigenvalue weighted by molar-refractivity contribution is 0.210. The van der Waals surface area contributed by atoms with Crippen molar-refractivity contribution in [3.8, 4) is 28.5 Å².